The van der Waals surface area contributed by atoms with E-state index in [4.69, 9.17) is 11.6 Å². The number of aliphatic hydroxyl groups is 1. The highest BCUT2D eigenvalue weighted by molar-refractivity contribution is 6.31. The van der Waals surface area contributed by atoms with Gasteiger partial charge in [0.2, 0.25) is 0 Å². The second kappa shape index (κ2) is 6.21. The Hall–Kier alpha value is -0.640. The summed E-state index contributed by atoms with van der Waals surface area (Å²) in [6.07, 6.45) is 2.86. The van der Waals surface area contributed by atoms with Crippen LogP contribution in [0.3, 0.4) is 0 Å². The quantitative estimate of drug-likeness (QED) is 0.921. The Morgan fingerprint density at radius 3 is 2.89 bits per heavy atom. The number of rotatable bonds is 3. The van der Waals surface area contributed by atoms with Gasteiger partial charge in [-0.2, -0.15) is 0 Å². The van der Waals surface area contributed by atoms with Crippen LogP contribution in [-0.2, 0) is 6.42 Å². The van der Waals surface area contributed by atoms with Gasteiger partial charge in [-0.05, 0) is 56.1 Å². The van der Waals surface area contributed by atoms with E-state index in [0.29, 0.717) is 23.4 Å². The Labute approximate surface area is 119 Å². The number of nitrogens with zero attached hydrogens (tertiary/aromatic N) is 1. The van der Waals surface area contributed by atoms with E-state index < -0.39 is 5.60 Å². The minimum absolute atomic E-state index is 0.299. The van der Waals surface area contributed by atoms with Gasteiger partial charge in [0.1, 0.15) is 5.82 Å². The molecule has 1 aliphatic rings. The highest BCUT2D eigenvalue weighted by Gasteiger charge is 2.30. The van der Waals surface area contributed by atoms with Crippen molar-refractivity contribution in [1.29, 1.82) is 0 Å². The van der Waals surface area contributed by atoms with E-state index in [-0.39, 0.29) is 5.82 Å². The van der Waals surface area contributed by atoms with E-state index in [9.17, 15) is 9.50 Å². The molecule has 1 atom stereocenters. The van der Waals surface area contributed by atoms with Crippen LogP contribution in [0.25, 0.3) is 0 Å². The van der Waals surface area contributed by atoms with Crippen molar-refractivity contribution in [3.63, 3.8) is 0 Å². The molecule has 0 aliphatic carbocycles. The second-order valence-electron chi connectivity index (χ2n) is 5.42. The zero-order chi connectivity index (χ0) is 13.9. The minimum Gasteiger partial charge on any atom is -0.389 e. The Balaban J connectivity index is 2.10. The van der Waals surface area contributed by atoms with Crippen LogP contribution in [0.4, 0.5) is 4.39 Å². The molecule has 2 rings (SSSR count). The van der Waals surface area contributed by atoms with Crippen molar-refractivity contribution in [1.82, 2.24) is 4.90 Å². The van der Waals surface area contributed by atoms with E-state index in [1.54, 1.807) is 6.07 Å². The van der Waals surface area contributed by atoms with Crippen molar-refractivity contribution in [3.05, 3.63) is 34.6 Å². The lowest BCUT2D eigenvalue weighted by Gasteiger charge is -2.27. The van der Waals surface area contributed by atoms with E-state index in [0.717, 1.165) is 32.5 Å². The number of benzene rings is 1. The lowest BCUT2D eigenvalue weighted by molar-refractivity contribution is 0.0258. The summed E-state index contributed by atoms with van der Waals surface area (Å²) < 4.78 is 13.3. The lowest BCUT2D eigenvalue weighted by atomic mass is 9.88. The Bertz CT molecular complexity index is 440. The molecule has 0 radical (unpaired) electrons. The molecule has 0 aromatic heterocycles. The van der Waals surface area contributed by atoms with Gasteiger partial charge in [-0.3, -0.25) is 0 Å². The monoisotopic (exact) mass is 285 g/mol. The first kappa shape index (κ1) is 14.8. The van der Waals surface area contributed by atoms with Crippen LogP contribution < -0.4 is 0 Å². The first-order valence-electron chi connectivity index (χ1n) is 6.91. The Morgan fingerprint density at radius 2 is 2.16 bits per heavy atom. The molecule has 1 aliphatic heterocycles. The van der Waals surface area contributed by atoms with Gasteiger partial charge in [-0.25, -0.2) is 4.39 Å². The summed E-state index contributed by atoms with van der Waals surface area (Å²) in [5.41, 5.74) is -0.0597. The molecule has 1 aromatic rings. The SMILES string of the molecule is CCN1CCCC(O)(Cc2cc(F)ccc2Cl)CC1. The van der Waals surface area contributed by atoms with E-state index >= 15 is 0 Å². The number of halogens is 2. The van der Waals surface area contributed by atoms with Gasteiger partial charge in [-0.1, -0.05) is 18.5 Å². The van der Waals surface area contributed by atoms with Crippen LogP contribution in [0.1, 0.15) is 31.7 Å². The van der Waals surface area contributed by atoms with Crippen LogP contribution in [0.5, 0.6) is 0 Å². The smallest absolute Gasteiger partial charge is 0.123 e. The van der Waals surface area contributed by atoms with Crippen molar-refractivity contribution in [2.45, 2.75) is 38.2 Å². The zero-order valence-electron chi connectivity index (χ0n) is 11.3. The molecule has 1 unspecified atom stereocenters. The maximum atomic E-state index is 13.3. The molecule has 106 valence electrons. The van der Waals surface area contributed by atoms with E-state index in [1.165, 1.54) is 12.1 Å². The predicted octanol–water partition coefficient (Wildman–Crippen LogP) is 3.26. The summed E-state index contributed by atoms with van der Waals surface area (Å²) >= 11 is 6.09. The number of hydrogen-bond acceptors (Lipinski definition) is 2. The van der Waals surface area contributed by atoms with Crippen molar-refractivity contribution >= 4 is 11.6 Å². The van der Waals surface area contributed by atoms with Crippen LogP contribution in [-0.4, -0.2) is 35.2 Å². The summed E-state index contributed by atoms with van der Waals surface area (Å²) in [4.78, 5) is 2.34. The maximum Gasteiger partial charge on any atom is 0.123 e. The maximum absolute atomic E-state index is 13.3. The fourth-order valence-corrected chi connectivity index (χ4v) is 2.95. The number of likely N-dealkylation sites (tertiary alicyclic amines) is 1. The van der Waals surface area contributed by atoms with Gasteiger partial charge in [0.15, 0.2) is 0 Å². The van der Waals surface area contributed by atoms with Gasteiger partial charge in [0, 0.05) is 18.0 Å². The average Bonchev–Trinajstić information content (AvgIpc) is 2.56. The van der Waals surface area contributed by atoms with Gasteiger partial charge in [-0.15, -0.1) is 0 Å². The van der Waals surface area contributed by atoms with E-state index in [1.807, 2.05) is 0 Å². The van der Waals surface area contributed by atoms with Crippen molar-refractivity contribution in [2.75, 3.05) is 19.6 Å². The molecule has 1 heterocycles. The summed E-state index contributed by atoms with van der Waals surface area (Å²) in [5.74, 6) is -0.299. The topological polar surface area (TPSA) is 23.5 Å². The third kappa shape index (κ3) is 3.91. The molecular formula is C15H21ClFNO. The summed E-state index contributed by atoms with van der Waals surface area (Å²) in [6.45, 7) is 5.06. The molecule has 1 N–H and O–H groups in total. The molecule has 0 spiro atoms. The molecule has 19 heavy (non-hydrogen) atoms. The fraction of sp³-hybridized carbons (Fsp3) is 0.600. The van der Waals surface area contributed by atoms with Crippen molar-refractivity contribution < 1.29 is 9.50 Å². The van der Waals surface area contributed by atoms with Crippen LogP contribution in [0, 0.1) is 5.82 Å². The molecule has 0 amide bonds. The summed E-state index contributed by atoms with van der Waals surface area (Å²) in [5, 5.41) is 11.3. The normalized spacial score (nSPS) is 25.3. The third-order valence-electron chi connectivity index (χ3n) is 3.98. The summed E-state index contributed by atoms with van der Waals surface area (Å²) in [6, 6.07) is 4.34. The molecule has 0 bridgehead atoms. The highest BCUT2D eigenvalue weighted by atomic mass is 35.5. The third-order valence-corrected chi connectivity index (χ3v) is 4.35. The molecule has 0 saturated carbocycles. The molecule has 4 heteroatoms. The van der Waals surface area contributed by atoms with Crippen LogP contribution in [0.2, 0.25) is 5.02 Å². The molecular weight excluding hydrogens is 265 g/mol. The van der Waals surface area contributed by atoms with E-state index in [2.05, 4.69) is 11.8 Å². The van der Waals surface area contributed by atoms with Gasteiger partial charge in [0.05, 0.1) is 5.60 Å². The first-order chi connectivity index (χ1) is 9.02. The average molecular weight is 286 g/mol. The summed E-state index contributed by atoms with van der Waals surface area (Å²) in [7, 11) is 0. The standard InChI is InChI=1S/C15H21ClFNO/c1-2-18-8-3-6-15(19,7-9-18)11-12-10-13(17)4-5-14(12)16/h4-5,10,19H,2-3,6-9,11H2,1H3. The first-order valence-corrected chi connectivity index (χ1v) is 7.29. The van der Waals surface area contributed by atoms with Crippen LogP contribution >= 0.6 is 11.6 Å². The van der Waals surface area contributed by atoms with Crippen LogP contribution in [0.15, 0.2) is 18.2 Å². The lowest BCUT2D eigenvalue weighted by Crippen LogP contribution is -2.33. The molecule has 1 fully saturated rings. The second-order valence-corrected chi connectivity index (χ2v) is 5.83. The van der Waals surface area contributed by atoms with Gasteiger partial charge >= 0.3 is 0 Å². The largest absolute Gasteiger partial charge is 0.389 e. The van der Waals surface area contributed by atoms with Gasteiger partial charge in [0.25, 0.3) is 0 Å². The fourth-order valence-electron chi connectivity index (χ4n) is 2.76. The Kier molecular flexibility index (Phi) is 4.82. The number of hydrogen-bond donors (Lipinski definition) is 1. The molecule has 2 nitrogen and oxygen atoms in total. The molecule has 1 aromatic carbocycles. The Morgan fingerprint density at radius 1 is 1.37 bits per heavy atom. The van der Waals surface area contributed by atoms with Gasteiger partial charge < -0.3 is 10.0 Å². The minimum atomic E-state index is -0.763. The van der Waals surface area contributed by atoms with Crippen molar-refractivity contribution in [3.8, 4) is 0 Å². The highest BCUT2D eigenvalue weighted by Crippen LogP contribution is 2.29. The zero-order valence-corrected chi connectivity index (χ0v) is 12.1. The van der Waals surface area contributed by atoms with Crippen molar-refractivity contribution in [2.24, 2.45) is 0 Å². The molecule has 1 saturated heterocycles. The predicted molar refractivity (Wildman–Crippen MR) is 76.0 cm³/mol.